The number of nitrogens with zero attached hydrogens (tertiary/aromatic N) is 2. The van der Waals surface area contributed by atoms with E-state index in [0.717, 1.165) is 16.5 Å². The van der Waals surface area contributed by atoms with E-state index < -0.39 is 17.9 Å². The Labute approximate surface area is 144 Å². The predicted molar refractivity (Wildman–Crippen MR) is 92.0 cm³/mol. The summed E-state index contributed by atoms with van der Waals surface area (Å²) in [6, 6.07) is 8.46. The van der Waals surface area contributed by atoms with E-state index in [-0.39, 0.29) is 5.69 Å². The van der Waals surface area contributed by atoms with Gasteiger partial charge in [0.05, 0.1) is 7.11 Å². The number of carbonyl (C=O) groups excluding carboxylic acids is 2. The molecule has 25 heavy (non-hydrogen) atoms. The average Bonchev–Trinajstić information content (AvgIpc) is 3.03. The largest absolute Gasteiger partial charge is 0.467 e. The van der Waals surface area contributed by atoms with Gasteiger partial charge in [0, 0.05) is 29.7 Å². The Hall–Kier alpha value is -3.22. The van der Waals surface area contributed by atoms with Crippen molar-refractivity contribution in [3.63, 3.8) is 0 Å². The fraction of sp³-hybridized carbons (Fsp3) is 0.222. The number of hydrogen-bond donors (Lipinski definition) is 2. The van der Waals surface area contributed by atoms with Gasteiger partial charge < -0.3 is 15.0 Å². The van der Waals surface area contributed by atoms with E-state index in [2.05, 4.69) is 20.3 Å². The Balaban J connectivity index is 1.83. The molecule has 0 fully saturated rings. The summed E-state index contributed by atoms with van der Waals surface area (Å²) in [7, 11) is 1.30. The first-order valence-electron chi connectivity index (χ1n) is 7.82. The molecule has 1 atom stereocenters. The van der Waals surface area contributed by atoms with Crippen molar-refractivity contribution in [3.8, 4) is 0 Å². The van der Waals surface area contributed by atoms with Crippen LogP contribution in [0.25, 0.3) is 10.9 Å². The van der Waals surface area contributed by atoms with Crippen LogP contribution in [0.15, 0.2) is 42.7 Å². The number of aromatic nitrogens is 3. The minimum atomic E-state index is -0.813. The zero-order chi connectivity index (χ0) is 17.8. The fourth-order valence-electron chi connectivity index (χ4n) is 2.67. The number of H-pyrrole nitrogens is 1. The second kappa shape index (κ2) is 7.12. The maximum absolute atomic E-state index is 12.4. The third kappa shape index (κ3) is 3.65. The number of esters is 1. The topological polar surface area (TPSA) is 97.0 Å². The molecule has 0 saturated heterocycles. The molecule has 0 saturated carbocycles. The van der Waals surface area contributed by atoms with Crippen molar-refractivity contribution in [2.24, 2.45) is 0 Å². The molecule has 1 amide bonds. The summed E-state index contributed by atoms with van der Waals surface area (Å²) in [6.45, 7) is 1.69. The van der Waals surface area contributed by atoms with Crippen molar-refractivity contribution in [1.82, 2.24) is 20.3 Å². The quantitative estimate of drug-likeness (QED) is 0.691. The predicted octanol–water partition coefficient (Wildman–Crippen LogP) is 1.78. The molecule has 0 spiro atoms. The van der Waals surface area contributed by atoms with Gasteiger partial charge in [-0.3, -0.25) is 4.79 Å². The molecular formula is C18H18N4O3. The molecule has 7 heteroatoms. The molecule has 128 valence electrons. The molecule has 0 aliphatic rings. The monoisotopic (exact) mass is 338 g/mol. The number of hydrogen-bond acceptors (Lipinski definition) is 5. The second-order valence-corrected chi connectivity index (χ2v) is 5.60. The third-order valence-electron chi connectivity index (χ3n) is 3.90. The molecule has 2 N–H and O–H groups in total. The lowest BCUT2D eigenvalue weighted by atomic mass is 10.0. The molecule has 3 rings (SSSR count). The van der Waals surface area contributed by atoms with E-state index in [4.69, 9.17) is 4.74 Å². The average molecular weight is 338 g/mol. The van der Waals surface area contributed by atoms with Gasteiger partial charge in [-0.2, -0.15) is 0 Å². The molecule has 0 aliphatic heterocycles. The smallest absolute Gasteiger partial charge is 0.328 e. The molecule has 0 bridgehead atoms. The lowest BCUT2D eigenvalue weighted by molar-refractivity contribution is -0.142. The molecule has 2 heterocycles. The van der Waals surface area contributed by atoms with E-state index in [0.29, 0.717) is 12.2 Å². The van der Waals surface area contributed by atoms with Gasteiger partial charge in [-0.1, -0.05) is 18.2 Å². The standard InChI is InChI=1S/C18H18N4O3/c1-11-19-8-7-15(21-11)17(23)22-16(18(24)25-2)9-12-10-20-14-6-4-3-5-13(12)14/h3-8,10,16,20H,9H2,1-2H3,(H,22,23)/t16-/m0/s1. The fourth-order valence-corrected chi connectivity index (χ4v) is 2.67. The first kappa shape index (κ1) is 16.6. The van der Waals surface area contributed by atoms with Crippen molar-refractivity contribution >= 4 is 22.8 Å². The summed E-state index contributed by atoms with van der Waals surface area (Å²) in [5.41, 5.74) is 2.10. The van der Waals surface area contributed by atoms with Crippen molar-refractivity contribution in [2.75, 3.05) is 7.11 Å². The number of aryl methyl sites for hydroxylation is 1. The summed E-state index contributed by atoms with van der Waals surface area (Å²) in [4.78, 5) is 35.7. The number of benzene rings is 1. The molecular weight excluding hydrogens is 320 g/mol. The number of nitrogens with one attached hydrogen (secondary N) is 2. The van der Waals surface area contributed by atoms with E-state index in [1.54, 1.807) is 6.92 Å². The number of ether oxygens (including phenoxy) is 1. The van der Waals surface area contributed by atoms with Gasteiger partial charge in [-0.05, 0) is 24.6 Å². The van der Waals surface area contributed by atoms with Gasteiger partial charge >= 0.3 is 5.97 Å². The Morgan fingerprint density at radius 3 is 2.84 bits per heavy atom. The Kier molecular flexibility index (Phi) is 4.74. The van der Waals surface area contributed by atoms with Crippen LogP contribution in [0.2, 0.25) is 0 Å². The van der Waals surface area contributed by atoms with Crippen molar-refractivity contribution < 1.29 is 14.3 Å². The number of rotatable bonds is 5. The normalized spacial score (nSPS) is 11.9. The zero-order valence-electron chi connectivity index (χ0n) is 13.9. The van der Waals surface area contributed by atoms with Crippen LogP contribution >= 0.6 is 0 Å². The Morgan fingerprint density at radius 2 is 2.08 bits per heavy atom. The minimum Gasteiger partial charge on any atom is -0.467 e. The third-order valence-corrected chi connectivity index (χ3v) is 3.90. The molecule has 0 unspecified atom stereocenters. The van der Waals surface area contributed by atoms with E-state index >= 15 is 0 Å². The first-order chi connectivity index (χ1) is 12.1. The van der Waals surface area contributed by atoms with Gasteiger partial charge in [0.25, 0.3) is 5.91 Å². The van der Waals surface area contributed by atoms with Crippen LogP contribution in [0.4, 0.5) is 0 Å². The lowest BCUT2D eigenvalue weighted by Crippen LogP contribution is -2.43. The zero-order valence-corrected chi connectivity index (χ0v) is 13.9. The number of para-hydroxylation sites is 1. The van der Waals surface area contributed by atoms with Gasteiger partial charge in [0.1, 0.15) is 17.6 Å². The maximum atomic E-state index is 12.4. The van der Waals surface area contributed by atoms with Crippen LogP contribution in [-0.2, 0) is 16.0 Å². The molecule has 1 aromatic carbocycles. The maximum Gasteiger partial charge on any atom is 0.328 e. The van der Waals surface area contributed by atoms with Gasteiger partial charge in [-0.15, -0.1) is 0 Å². The molecule has 0 radical (unpaired) electrons. The highest BCUT2D eigenvalue weighted by Gasteiger charge is 2.24. The molecule has 0 aliphatic carbocycles. The number of carbonyl (C=O) groups is 2. The van der Waals surface area contributed by atoms with E-state index in [1.165, 1.54) is 19.4 Å². The minimum absolute atomic E-state index is 0.209. The molecule has 2 aromatic heterocycles. The molecule has 3 aromatic rings. The van der Waals surface area contributed by atoms with Crippen LogP contribution in [0.5, 0.6) is 0 Å². The van der Waals surface area contributed by atoms with E-state index in [1.807, 2.05) is 30.5 Å². The van der Waals surface area contributed by atoms with Crippen LogP contribution in [-0.4, -0.2) is 40.0 Å². The number of amides is 1. The van der Waals surface area contributed by atoms with Crippen molar-refractivity contribution in [2.45, 2.75) is 19.4 Å². The van der Waals surface area contributed by atoms with Crippen LogP contribution in [0, 0.1) is 6.92 Å². The molecule has 7 nitrogen and oxygen atoms in total. The Bertz CT molecular complexity index is 919. The van der Waals surface area contributed by atoms with Crippen LogP contribution in [0.1, 0.15) is 21.9 Å². The first-order valence-corrected chi connectivity index (χ1v) is 7.82. The highest BCUT2D eigenvalue weighted by molar-refractivity contribution is 5.95. The summed E-state index contributed by atoms with van der Waals surface area (Å²) in [5.74, 6) is -0.468. The highest BCUT2D eigenvalue weighted by atomic mass is 16.5. The number of fused-ring (bicyclic) bond motifs is 1. The van der Waals surface area contributed by atoms with Crippen LogP contribution in [0.3, 0.4) is 0 Å². The van der Waals surface area contributed by atoms with Gasteiger partial charge in [-0.25, -0.2) is 14.8 Å². The Morgan fingerprint density at radius 1 is 1.28 bits per heavy atom. The number of methoxy groups -OCH3 is 1. The summed E-state index contributed by atoms with van der Waals surface area (Å²) < 4.78 is 4.84. The summed E-state index contributed by atoms with van der Waals surface area (Å²) in [5, 5.41) is 3.70. The summed E-state index contributed by atoms with van der Waals surface area (Å²) >= 11 is 0. The SMILES string of the molecule is COC(=O)[C@H](Cc1c[nH]c2ccccc12)NC(=O)c1ccnc(C)n1. The van der Waals surface area contributed by atoms with Gasteiger partial charge in [0.15, 0.2) is 0 Å². The van der Waals surface area contributed by atoms with Crippen molar-refractivity contribution in [1.29, 1.82) is 0 Å². The van der Waals surface area contributed by atoms with E-state index in [9.17, 15) is 9.59 Å². The number of aromatic amines is 1. The highest BCUT2D eigenvalue weighted by Crippen LogP contribution is 2.19. The van der Waals surface area contributed by atoms with Crippen LogP contribution < -0.4 is 5.32 Å². The lowest BCUT2D eigenvalue weighted by Gasteiger charge is -2.16. The summed E-state index contributed by atoms with van der Waals surface area (Å²) in [6.07, 6.45) is 3.65. The second-order valence-electron chi connectivity index (χ2n) is 5.60. The van der Waals surface area contributed by atoms with Crippen molar-refractivity contribution in [3.05, 3.63) is 59.8 Å². The van der Waals surface area contributed by atoms with Gasteiger partial charge in [0.2, 0.25) is 0 Å².